The lowest BCUT2D eigenvalue weighted by Crippen LogP contribution is -2.45. The van der Waals surface area contributed by atoms with Gasteiger partial charge in [-0.15, -0.1) is 0 Å². The molecular weight excluding hydrogens is 318 g/mol. The normalized spacial score (nSPS) is 18.1. The molecule has 1 aromatic rings. The van der Waals surface area contributed by atoms with Gasteiger partial charge in [-0.1, -0.05) is 13.8 Å². The first-order valence-electron chi connectivity index (χ1n) is 8.07. The lowest BCUT2D eigenvalue weighted by molar-refractivity contribution is -0.133. The van der Waals surface area contributed by atoms with Crippen molar-refractivity contribution in [2.45, 2.75) is 38.7 Å². The molecule has 7 heteroatoms. The van der Waals surface area contributed by atoms with Crippen molar-refractivity contribution in [1.82, 2.24) is 5.32 Å². The first-order valence-corrected chi connectivity index (χ1v) is 8.07. The van der Waals surface area contributed by atoms with Crippen LogP contribution in [-0.4, -0.2) is 35.6 Å². The van der Waals surface area contributed by atoms with Crippen molar-refractivity contribution in [2.75, 3.05) is 18.0 Å². The molecular formula is C17H22F2N2O3. The number of nitrogens with one attached hydrogen (secondary N) is 1. The van der Waals surface area contributed by atoms with Crippen LogP contribution in [0.1, 0.15) is 33.1 Å². The standard InChI is InChI=1S/C17H22F2N2O3/c1-3-17(24,4-2)10-20-15(22)14-5-6-21(16(14)23)13-8-11(18)7-12(19)9-13/h7-9,14,24H,3-6,10H2,1-2H3,(H,20,22). The molecule has 2 N–H and O–H groups in total. The van der Waals surface area contributed by atoms with Gasteiger partial charge in [0.15, 0.2) is 0 Å². The molecule has 0 aromatic heterocycles. The van der Waals surface area contributed by atoms with Crippen molar-refractivity contribution in [1.29, 1.82) is 0 Å². The number of rotatable bonds is 6. The van der Waals surface area contributed by atoms with Crippen LogP contribution in [0.4, 0.5) is 14.5 Å². The summed E-state index contributed by atoms with van der Waals surface area (Å²) in [5.41, 5.74) is -0.894. The first-order chi connectivity index (χ1) is 11.3. The molecule has 0 radical (unpaired) electrons. The van der Waals surface area contributed by atoms with Crippen molar-refractivity contribution in [2.24, 2.45) is 5.92 Å². The van der Waals surface area contributed by atoms with Gasteiger partial charge in [-0.05, 0) is 31.4 Å². The summed E-state index contributed by atoms with van der Waals surface area (Å²) in [5, 5.41) is 12.8. The van der Waals surface area contributed by atoms with Crippen LogP contribution >= 0.6 is 0 Å². The van der Waals surface area contributed by atoms with Gasteiger partial charge < -0.3 is 15.3 Å². The molecule has 1 aliphatic heterocycles. The van der Waals surface area contributed by atoms with Crippen molar-refractivity contribution in [3.8, 4) is 0 Å². The predicted molar refractivity (Wildman–Crippen MR) is 85.4 cm³/mol. The number of halogens is 2. The molecule has 5 nitrogen and oxygen atoms in total. The third-order valence-corrected chi connectivity index (χ3v) is 4.59. The van der Waals surface area contributed by atoms with Crippen LogP contribution in [0.15, 0.2) is 18.2 Å². The minimum absolute atomic E-state index is 0.0667. The van der Waals surface area contributed by atoms with E-state index in [1.807, 2.05) is 13.8 Å². The molecule has 1 atom stereocenters. The second-order valence-electron chi connectivity index (χ2n) is 6.11. The summed E-state index contributed by atoms with van der Waals surface area (Å²) in [6.45, 7) is 3.91. The summed E-state index contributed by atoms with van der Waals surface area (Å²) < 4.78 is 26.6. The van der Waals surface area contributed by atoms with Gasteiger partial charge in [0.1, 0.15) is 17.6 Å². The number of carbonyl (C=O) groups is 2. The Morgan fingerprint density at radius 2 is 1.88 bits per heavy atom. The van der Waals surface area contributed by atoms with Crippen LogP contribution < -0.4 is 10.2 Å². The monoisotopic (exact) mass is 340 g/mol. The molecule has 1 unspecified atom stereocenters. The van der Waals surface area contributed by atoms with Crippen molar-refractivity contribution < 1.29 is 23.5 Å². The van der Waals surface area contributed by atoms with E-state index in [1.165, 1.54) is 4.90 Å². The molecule has 1 heterocycles. The van der Waals surface area contributed by atoms with Crippen LogP contribution in [0.2, 0.25) is 0 Å². The van der Waals surface area contributed by atoms with E-state index < -0.39 is 35.0 Å². The lowest BCUT2D eigenvalue weighted by Gasteiger charge is -2.26. The van der Waals surface area contributed by atoms with Gasteiger partial charge in [-0.25, -0.2) is 8.78 Å². The number of amides is 2. The molecule has 0 saturated carbocycles. The van der Waals surface area contributed by atoms with E-state index >= 15 is 0 Å². The van der Waals surface area contributed by atoms with Crippen molar-refractivity contribution in [3.63, 3.8) is 0 Å². The van der Waals surface area contributed by atoms with Gasteiger partial charge in [-0.2, -0.15) is 0 Å². The summed E-state index contributed by atoms with van der Waals surface area (Å²) >= 11 is 0. The molecule has 0 aliphatic carbocycles. The number of carbonyl (C=O) groups excluding carboxylic acids is 2. The Bertz CT molecular complexity index is 612. The average Bonchev–Trinajstić information content (AvgIpc) is 2.93. The Morgan fingerprint density at radius 3 is 2.42 bits per heavy atom. The van der Waals surface area contributed by atoms with Gasteiger partial charge >= 0.3 is 0 Å². The molecule has 1 aromatic carbocycles. The number of nitrogens with zero attached hydrogens (tertiary/aromatic N) is 1. The average molecular weight is 340 g/mol. The van der Waals surface area contributed by atoms with Crippen LogP contribution in [0.25, 0.3) is 0 Å². The van der Waals surface area contributed by atoms with E-state index in [-0.39, 0.29) is 25.2 Å². The lowest BCUT2D eigenvalue weighted by atomic mass is 9.97. The maximum atomic E-state index is 13.3. The highest BCUT2D eigenvalue weighted by molar-refractivity contribution is 6.09. The van der Waals surface area contributed by atoms with Crippen LogP contribution in [-0.2, 0) is 9.59 Å². The third kappa shape index (κ3) is 3.90. The predicted octanol–water partition coefficient (Wildman–Crippen LogP) is 1.98. The van der Waals surface area contributed by atoms with E-state index in [0.717, 1.165) is 18.2 Å². The number of aliphatic hydroxyl groups is 1. The Kier molecular flexibility index (Phi) is 5.54. The van der Waals surface area contributed by atoms with Crippen molar-refractivity contribution in [3.05, 3.63) is 29.8 Å². The molecule has 0 spiro atoms. The summed E-state index contributed by atoms with van der Waals surface area (Å²) in [7, 11) is 0. The molecule has 1 fully saturated rings. The zero-order valence-electron chi connectivity index (χ0n) is 13.8. The fourth-order valence-electron chi connectivity index (χ4n) is 2.75. The Labute approximate surface area is 139 Å². The van der Waals surface area contributed by atoms with Crippen LogP contribution in [0.3, 0.4) is 0 Å². The zero-order chi connectivity index (χ0) is 17.9. The first kappa shape index (κ1) is 18.3. The van der Waals surface area contributed by atoms with Crippen LogP contribution in [0, 0.1) is 17.6 Å². The fourth-order valence-corrected chi connectivity index (χ4v) is 2.75. The molecule has 0 bridgehead atoms. The maximum absolute atomic E-state index is 13.3. The SMILES string of the molecule is CCC(O)(CC)CNC(=O)C1CCN(c2cc(F)cc(F)c2)C1=O. The summed E-state index contributed by atoms with van der Waals surface area (Å²) in [6.07, 6.45) is 1.23. The highest BCUT2D eigenvalue weighted by Gasteiger charge is 2.38. The second kappa shape index (κ2) is 7.25. The number of anilines is 1. The number of hydrogen-bond acceptors (Lipinski definition) is 3. The highest BCUT2D eigenvalue weighted by atomic mass is 19.1. The smallest absolute Gasteiger partial charge is 0.239 e. The van der Waals surface area contributed by atoms with E-state index in [4.69, 9.17) is 0 Å². The minimum atomic E-state index is -0.997. The third-order valence-electron chi connectivity index (χ3n) is 4.59. The minimum Gasteiger partial charge on any atom is -0.388 e. The van der Waals surface area contributed by atoms with Gasteiger partial charge in [-0.3, -0.25) is 9.59 Å². The Morgan fingerprint density at radius 1 is 1.29 bits per heavy atom. The van der Waals surface area contributed by atoms with Gasteiger partial charge in [0, 0.05) is 24.8 Å². The van der Waals surface area contributed by atoms with Crippen molar-refractivity contribution >= 4 is 17.5 Å². The Balaban J connectivity index is 2.04. The van der Waals surface area contributed by atoms with Crippen LogP contribution in [0.5, 0.6) is 0 Å². The summed E-state index contributed by atoms with van der Waals surface area (Å²) in [5.74, 6) is -3.42. The van der Waals surface area contributed by atoms with Gasteiger partial charge in [0.2, 0.25) is 11.8 Å². The molecule has 2 amide bonds. The fraction of sp³-hybridized carbons (Fsp3) is 0.529. The largest absolute Gasteiger partial charge is 0.388 e. The number of hydrogen-bond donors (Lipinski definition) is 2. The van der Waals surface area contributed by atoms with Gasteiger partial charge in [0.25, 0.3) is 0 Å². The summed E-state index contributed by atoms with van der Waals surface area (Å²) in [4.78, 5) is 25.8. The number of benzene rings is 1. The highest BCUT2D eigenvalue weighted by Crippen LogP contribution is 2.27. The molecule has 132 valence electrons. The Hall–Kier alpha value is -2.02. The topological polar surface area (TPSA) is 69.6 Å². The second-order valence-corrected chi connectivity index (χ2v) is 6.11. The molecule has 2 rings (SSSR count). The van der Waals surface area contributed by atoms with E-state index in [2.05, 4.69) is 5.32 Å². The van der Waals surface area contributed by atoms with E-state index in [9.17, 15) is 23.5 Å². The van der Waals surface area contributed by atoms with E-state index in [0.29, 0.717) is 12.8 Å². The van der Waals surface area contributed by atoms with E-state index in [1.54, 1.807) is 0 Å². The molecule has 1 aliphatic rings. The summed E-state index contributed by atoms with van der Waals surface area (Å²) in [6, 6.07) is 2.85. The quantitative estimate of drug-likeness (QED) is 0.778. The molecule has 24 heavy (non-hydrogen) atoms. The zero-order valence-corrected chi connectivity index (χ0v) is 13.8. The molecule has 1 saturated heterocycles. The maximum Gasteiger partial charge on any atom is 0.239 e. The van der Waals surface area contributed by atoms with Gasteiger partial charge in [0.05, 0.1) is 5.60 Å².